The zero-order chi connectivity index (χ0) is 18.1. The molecule has 0 unspecified atom stereocenters. The van der Waals surface area contributed by atoms with Crippen LogP contribution in [0.3, 0.4) is 0 Å². The lowest BCUT2D eigenvalue weighted by Crippen LogP contribution is -2.56. The minimum Gasteiger partial charge on any atom is -0.493 e. The molecule has 0 heterocycles. The van der Waals surface area contributed by atoms with Crippen LogP contribution < -0.4 is 15.8 Å². The molecule has 4 nitrogen and oxygen atoms in total. The van der Waals surface area contributed by atoms with Crippen LogP contribution in [0.1, 0.15) is 41.8 Å². The Morgan fingerprint density at radius 3 is 2.28 bits per heavy atom. The fourth-order valence-electron chi connectivity index (χ4n) is 2.47. The van der Waals surface area contributed by atoms with Crippen LogP contribution in [0.25, 0.3) is 0 Å². The summed E-state index contributed by atoms with van der Waals surface area (Å²) in [4.78, 5) is 11.2. The van der Waals surface area contributed by atoms with Crippen molar-refractivity contribution in [3.8, 4) is 5.75 Å². The minimum absolute atomic E-state index is 0.151. The first kappa shape index (κ1) is 19.2. The van der Waals surface area contributed by atoms with E-state index < -0.39 is 0 Å². The molecule has 0 aliphatic rings. The van der Waals surface area contributed by atoms with E-state index in [4.69, 9.17) is 4.74 Å². The summed E-state index contributed by atoms with van der Waals surface area (Å²) in [6.45, 7) is 7.04. The monoisotopic (exact) mass is 341 g/mol. The molecule has 0 spiro atoms. The van der Waals surface area contributed by atoms with Crippen LogP contribution in [0.4, 0.5) is 0 Å². The molecule has 4 heteroatoms. The van der Waals surface area contributed by atoms with Crippen molar-refractivity contribution in [1.82, 2.24) is 5.32 Å². The van der Waals surface area contributed by atoms with Crippen molar-refractivity contribution in [2.24, 2.45) is 5.92 Å². The third-order valence-corrected chi connectivity index (χ3v) is 4.09. The molecule has 0 saturated heterocycles. The first-order valence-electron chi connectivity index (χ1n) is 8.92. The van der Waals surface area contributed by atoms with Crippen molar-refractivity contribution < 1.29 is 15.3 Å². The quantitative estimate of drug-likeness (QED) is 0.653. The van der Waals surface area contributed by atoms with Crippen LogP contribution in [0.15, 0.2) is 48.5 Å². The van der Waals surface area contributed by atoms with E-state index in [1.807, 2.05) is 36.4 Å². The number of hydrogen-bond acceptors (Lipinski definition) is 3. The summed E-state index contributed by atoms with van der Waals surface area (Å²) in [6.07, 6.45) is 2.01. The van der Waals surface area contributed by atoms with Crippen molar-refractivity contribution in [2.75, 3.05) is 13.2 Å². The number of amides is 1. The van der Waals surface area contributed by atoms with Gasteiger partial charge in [-0.05, 0) is 54.3 Å². The fourth-order valence-corrected chi connectivity index (χ4v) is 2.47. The van der Waals surface area contributed by atoms with Crippen LogP contribution in [-0.2, 0) is 13.0 Å². The Morgan fingerprint density at radius 1 is 1.04 bits per heavy atom. The van der Waals surface area contributed by atoms with Crippen LogP contribution in [0, 0.1) is 5.92 Å². The molecule has 0 bridgehead atoms. The van der Waals surface area contributed by atoms with Gasteiger partial charge in [-0.15, -0.1) is 0 Å². The number of benzene rings is 2. The van der Waals surface area contributed by atoms with E-state index in [0.29, 0.717) is 12.2 Å². The van der Waals surface area contributed by atoms with E-state index in [0.717, 1.165) is 36.7 Å². The van der Waals surface area contributed by atoms with Gasteiger partial charge in [0.1, 0.15) is 5.75 Å². The summed E-state index contributed by atoms with van der Waals surface area (Å²) < 4.78 is 5.80. The van der Waals surface area contributed by atoms with Gasteiger partial charge in [0.15, 0.2) is 0 Å². The van der Waals surface area contributed by atoms with Crippen molar-refractivity contribution in [1.29, 1.82) is 0 Å². The van der Waals surface area contributed by atoms with Crippen molar-refractivity contribution in [3.05, 3.63) is 65.2 Å². The molecule has 0 radical (unpaired) electrons. The molecule has 2 aromatic carbocycles. The molecule has 0 aliphatic heterocycles. The van der Waals surface area contributed by atoms with Crippen molar-refractivity contribution in [3.63, 3.8) is 0 Å². The molecule has 1 amide bonds. The molecule has 2 aromatic rings. The summed E-state index contributed by atoms with van der Waals surface area (Å²) in [5.41, 5.74) is 6.47. The Kier molecular flexibility index (Phi) is 7.64. The zero-order valence-electron chi connectivity index (χ0n) is 15.3. The van der Waals surface area contributed by atoms with Crippen LogP contribution in [-0.4, -0.2) is 19.1 Å². The Bertz CT molecular complexity index is 649. The van der Waals surface area contributed by atoms with E-state index in [1.54, 1.807) is 0 Å². The number of rotatable bonds is 10. The Hall–Kier alpha value is -2.17. The van der Waals surface area contributed by atoms with Crippen molar-refractivity contribution in [2.45, 2.75) is 33.2 Å². The topological polar surface area (TPSA) is 66.0 Å². The number of nitrogens with one attached hydrogen (secondary N) is 1. The highest BCUT2D eigenvalue weighted by atomic mass is 16.5. The predicted molar refractivity (Wildman–Crippen MR) is 100 cm³/mol. The lowest BCUT2D eigenvalue weighted by atomic mass is 10.1. The molecule has 134 valence electrons. The molecule has 0 aliphatic carbocycles. The fraction of sp³-hybridized carbons (Fsp3) is 0.381. The second-order valence-corrected chi connectivity index (χ2v) is 6.72. The smallest absolute Gasteiger partial charge is 0.340 e. The highest BCUT2D eigenvalue weighted by molar-refractivity contribution is 5.85. The highest BCUT2D eigenvalue weighted by Crippen LogP contribution is 2.13. The van der Waals surface area contributed by atoms with Gasteiger partial charge in [0.2, 0.25) is 0 Å². The average Bonchev–Trinajstić information content (AvgIpc) is 2.60. The van der Waals surface area contributed by atoms with Gasteiger partial charge in [0, 0.05) is 13.0 Å². The van der Waals surface area contributed by atoms with Crippen LogP contribution in [0.2, 0.25) is 0 Å². The van der Waals surface area contributed by atoms with Crippen molar-refractivity contribution >= 4 is 5.91 Å². The Morgan fingerprint density at radius 2 is 1.68 bits per heavy atom. The number of hydrogen-bond donors (Lipinski definition) is 2. The highest BCUT2D eigenvalue weighted by Gasteiger charge is 2.03. The van der Waals surface area contributed by atoms with Crippen LogP contribution in [0.5, 0.6) is 5.75 Å². The SMILES string of the molecule is CC(C)CCNCc1ccc(OCCc2ccc(C([NH3+])=O)cc2)cc1. The molecular weight excluding hydrogens is 312 g/mol. The number of carbonyl (C=O) groups is 1. The van der Waals surface area contributed by atoms with Gasteiger partial charge in [-0.1, -0.05) is 38.1 Å². The van der Waals surface area contributed by atoms with Gasteiger partial charge in [0.05, 0.1) is 12.2 Å². The van der Waals surface area contributed by atoms with E-state index in [-0.39, 0.29) is 5.91 Å². The molecule has 2 rings (SSSR count). The molecule has 4 N–H and O–H groups in total. The Balaban J connectivity index is 1.71. The summed E-state index contributed by atoms with van der Waals surface area (Å²) in [7, 11) is 0. The third kappa shape index (κ3) is 7.08. The predicted octanol–water partition coefficient (Wildman–Crippen LogP) is 2.83. The normalized spacial score (nSPS) is 10.9. The van der Waals surface area contributed by atoms with E-state index in [2.05, 4.69) is 37.0 Å². The van der Waals surface area contributed by atoms with E-state index in [1.165, 1.54) is 12.0 Å². The maximum atomic E-state index is 11.2. The van der Waals surface area contributed by atoms with E-state index >= 15 is 0 Å². The summed E-state index contributed by atoms with van der Waals surface area (Å²) in [6, 6.07) is 15.8. The summed E-state index contributed by atoms with van der Waals surface area (Å²) >= 11 is 0. The first-order chi connectivity index (χ1) is 12.0. The average molecular weight is 341 g/mol. The van der Waals surface area contributed by atoms with Gasteiger partial charge in [0.25, 0.3) is 0 Å². The third-order valence-electron chi connectivity index (χ3n) is 4.09. The molecule has 0 atom stereocenters. The van der Waals surface area contributed by atoms with Gasteiger partial charge in [-0.2, -0.15) is 0 Å². The lowest BCUT2D eigenvalue weighted by molar-refractivity contribution is -0.255. The standard InChI is InChI=1S/C21H28N2O2/c1-16(2)11-13-23-15-18-5-9-20(10-6-18)25-14-12-17-3-7-19(8-4-17)21(22)24/h3-10,16,23H,11-15H2,1-2H3,(H2,22,24)/p+1. The van der Waals surface area contributed by atoms with Gasteiger partial charge < -0.3 is 10.1 Å². The summed E-state index contributed by atoms with van der Waals surface area (Å²) in [5, 5.41) is 3.46. The minimum atomic E-state index is -0.151. The molecule has 25 heavy (non-hydrogen) atoms. The second kappa shape index (κ2) is 9.97. The van der Waals surface area contributed by atoms with E-state index in [9.17, 15) is 4.79 Å². The second-order valence-electron chi connectivity index (χ2n) is 6.72. The maximum Gasteiger partial charge on any atom is 0.340 e. The molecule has 0 aromatic heterocycles. The maximum absolute atomic E-state index is 11.2. The number of quaternary nitrogens is 1. The van der Waals surface area contributed by atoms with Gasteiger partial charge in [-0.25, -0.2) is 4.79 Å². The van der Waals surface area contributed by atoms with Gasteiger partial charge in [-0.3, -0.25) is 5.73 Å². The van der Waals surface area contributed by atoms with Gasteiger partial charge >= 0.3 is 5.91 Å². The number of carbonyl (C=O) groups excluding carboxylic acids is 1. The number of ether oxygens (including phenoxy) is 1. The molecule has 0 saturated carbocycles. The first-order valence-corrected chi connectivity index (χ1v) is 8.92. The summed E-state index contributed by atoms with van der Waals surface area (Å²) in [5.74, 6) is 1.47. The van der Waals surface area contributed by atoms with Crippen LogP contribution >= 0.6 is 0 Å². The molecular formula is C21H29N2O2+. The largest absolute Gasteiger partial charge is 0.493 e. The Labute approximate surface area is 150 Å². The molecule has 0 fully saturated rings. The lowest BCUT2D eigenvalue weighted by Gasteiger charge is -2.09. The zero-order valence-corrected chi connectivity index (χ0v) is 15.3.